The molecule has 9 heteroatoms. The van der Waals surface area contributed by atoms with Gasteiger partial charge in [0.1, 0.15) is 5.69 Å². The van der Waals surface area contributed by atoms with Crippen LogP contribution in [0.2, 0.25) is 0 Å². The monoisotopic (exact) mass is 245 g/mol. The Morgan fingerprint density at radius 3 is 2.12 bits per heavy atom. The molecule has 0 aromatic carbocycles. The lowest BCUT2D eigenvalue weighted by Gasteiger charge is -1.89. The average Bonchev–Trinajstić information content (AvgIpc) is 2.16. The third kappa shape index (κ3) is 6.62. The molecule has 6 N–H and O–H groups in total. The molecule has 0 saturated heterocycles. The Morgan fingerprint density at radius 1 is 1.24 bits per heavy atom. The van der Waals surface area contributed by atoms with Crippen LogP contribution in [0.4, 0.5) is 0 Å². The van der Waals surface area contributed by atoms with Crippen molar-refractivity contribution in [1.82, 2.24) is 9.97 Å². The number of carboxylic acids is 2. The Balaban J connectivity index is 0.000000366. The van der Waals surface area contributed by atoms with E-state index < -0.39 is 28.9 Å². The molecule has 0 amide bonds. The summed E-state index contributed by atoms with van der Waals surface area (Å²) in [6.45, 7) is 0.231. The summed E-state index contributed by atoms with van der Waals surface area (Å²) in [7, 11) is 0. The van der Waals surface area contributed by atoms with Crippen molar-refractivity contribution in [2.75, 3.05) is 6.54 Å². The SMILES string of the molecule is NCCC(=O)O.O=C(O)c1cc(=O)[nH]c(=O)[nH]1. The van der Waals surface area contributed by atoms with Crippen LogP contribution in [0.1, 0.15) is 16.9 Å². The molecule has 0 saturated carbocycles. The van der Waals surface area contributed by atoms with Gasteiger partial charge in [-0.3, -0.25) is 14.6 Å². The lowest BCUT2D eigenvalue weighted by atomic mass is 10.4. The Morgan fingerprint density at radius 2 is 1.82 bits per heavy atom. The number of carbonyl (C=O) groups is 2. The number of nitrogens with one attached hydrogen (secondary N) is 2. The van der Waals surface area contributed by atoms with Gasteiger partial charge in [0, 0.05) is 12.6 Å². The van der Waals surface area contributed by atoms with Gasteiger partial charge < -0.3 is 20.9 Å². The molecule has 94 valence electrons. The zero-order chi connectivity index (χ0) is 13.4. The van der Waals surface area contributed by atoms with E-state index in [0.29, 0.717) is 0 Å². The highest BCUT2D eigenvalue weighted by atomic mass is 16.4. The predicted octanol–water partition coefficient (Wildman–Crippen LogP) is -1.82. The molecule has 0 unspecified atom stereocenters. The number of hydrogen-bond donors (Lipinski definition) is 5. The normalized spacial score (nSPS) is 9.00. The molecule has 0 atom stereocenters. The van der Waals surface area contributed by atoms with E-state index in [9.17, 15) is 19.2 Å². The lowest BCUT2D eigenvalue weighted by molar-refractivity contribution is -0.136. The first kappa shape index (κ1) is 14.6. The van der Waals surface area contributed by atoms with Crippen LogP contribution in [0.15, 0.2) is 15.7 Å². The van der Waals surface area contributed by atoms with Crippen LogP contribution in [-0.4, -0.2) is 38.7 Å². The first-order valence-electron chi connectivity index (χ1n) is 4.35. The topological polar surface area (TPSA) is 166 Å². The number of rotatable bonds is 3. The highest BCUT2D eigenvalue weighted by Crippen LogP contribution is 1.81. The minimum atomic E-state index is -1.34. The fourth-order valence-electron chi connectivity index (χ4n) is 0.707. The third-order valence-electron chi connectivity index (χ3n) is 1.35. The van der Waals surface area contributed by atoms with Gasteiger partial charge >= 0.3 is 17.6 Å². The smallest absolute Gasteiger partial charge is 0.352 e. The van der Waals surface area contributed by atoms with Gasteiger partial charge in [-0.2, -0.15) is 0 Å². The molecule has 17 heavy (non-hydrogen) atoms. The van der Waals surface area contributed by atoms with Crippen molar-refractivity contribution in [1.29, 1.82) is 0 Å². The van der Waals surface area contributed by atoms with E-state index in [0.717, 1.165) is 6.07 Å². The first-order valence-corrected chi connectivity index (χ1v) is 4.35. The Kier molecular flexibility index (Phi) is 5.96. The van der Waals surface area contributed by atoms with E-state index in [4.69, 9.17) is 15.9 Å². The minimum Gasteiger partial charge on any atom is -0.481 e. The number of nitrogens with two attached hydrogens (primary N) is 1. The molecule has 1 aromatic heterocycles. The number of aromatic carboxylic acids is 1. The summed E-state index contributed by atoms with van der Waals surface area (Å²) >= 11 is 0. The van der Waals surface area contributed by atoms with Crippen molar-refractivity contribution in [2.24, 2.45) is 5.73 Å². The van der Waals surface area contributed by atoms with Crippen molar-refractivity contribution in [3.8, 4) is 0 Å². The molecule has 9 nitrogen and oxygen atoms in total. The molecular weight excluding hydrogens is 234 g/mol. The lowest BCUT2D eigenvalue weighted by Crippen LogP contribution is -2.24. The summed E-state index contributed by atoms with van der Waals surface area (Å²) in [5.41, 5.74) is 2.88. The highest BCUT2D eigenvalue weighted by Gasteiger charge is 2.03. The number of aromatic amines is 2. The second-order valence-corrected chi connectivity index (χ2v) is 2.74. The molecule has 0 radical (unpaired) electrons. The summed E-state index contributed by atoms with van der Waals surface area (Å²) in [6.07, 6.45) is 0.0694. The largest absolute Gasteiger partial charge is 0.481 e. The van der Waals surface area contributed by atoms with Crippen molar-refractivity contribution >= 4 is 11.9 Å². The molecule has 0 bridgehead atoms. The van der Waals surface area contributed by atoms with E-state index in [1.807, 2.05) is 9.97 Å². The van der Waals surface area contributed by atoms with Gasteiger partial charge in [-0.1, -0.05) is 0 Å². The highest BCUT2D eigenvalue weighted by molar-refractivity contribution is 5.84. The molecule has 1 aromatic rings. The predicted molar refractivity (Wildman–Crippen MR) is 55.9 cm³/mol. The number of H-pyrrole nitrogens is 2. The van der Waals surface area contributed by atoms with E-state index in [-0.39, 0.29) is 13.0 Å². The molecular formula is C8H11N3O6. The van der Waals surface area contributed by atoms with Crippen LogP contribution in [-0.2, 0) is 4.79 Å². The van der Waals surface area contributed by atoms with Gasteiger partial charge in [-0.25, -0.2) is 9.59 Å². The fourth-order valence-corrected chi connectivity index (χ4v) is 0.707. The molecule has 0 aliphatic rings. The number of hydrogen-bond acceptors (Lipinski definition) is 5. The van der Waals surface area contributed by atoms with Gasteiger partial charge in [0.2, 0.25) is 0 Å². The molecule has 1 rings (SSSR count). The summed E-state index contributed by atoms with van der Waals surface area (Å²) < 4.78 is 0. The van der Waals surface area contributed by atoms with Crippen LogP contribution >= 0.6 is 0 Å². The Labute approximate surface area is 93.9 Å². The second-order valence-electron chi connectivity index (χ2n) is 2.74. The van der Waals surface area contributed by atoms with Gasteiger partial charge in [0.15, 0.2) is 0 Å². The minimum absolute atomic E-state index is 0.0694. The van der Waals surface area contributed by atoms with E-state index >= 15 is 0 Å². The van der Waals surface area contributed by atoms with Crippen LogP contribution in [0.25, 0.3) is 0 Å². The number of aliphatic carboxylic acids is 1. The van der Waals surface area contributed by atoms with Crippen molar-refractivity contribution in [3.63, 3.8) is 0 Å². The maximum atomic E-state index is 10.5. The van der Waals surface area contributed by atoms with Gasteiger partial charge in [-0.15, -0.1) is 0 Å². The maximum Gasteiger partial charge on any atom is 0.352 e. The molecule has 0 fully saturated rings. The molecule has 0 aliphatic carbocycles. The van der Waals surface area contributed by atoms with Crippen LogP contribution in [0, 0.1) is 0 Å². The first-order chi connectivity index (χ1) is 7.86. The Bertz CT molecular complexity index is 474. The van der Waals surface area contributed by atoms with E-state index in [2.05, 4.69) is 0 Å². The second kappa shape index (κ2) is 6.95. The number of carboxylic acid groups (broad SMARTS) is 2. The number of aromatic nitrogens is 2. The standard InChI is InChI=1S/C5H4N2O4.C3H7NO2/c8-3-1-2(4(9)10)6-5(11)7-3;4-2-1-3(5)6/h1H,(H,9,10)(H2,6,7,8,11);1-2,4H2,(H,5,6). The third-order valence-corrected chi connectivity index (χ3v) is 1.35. The summed E-state index contributed by atoms with van der Waals surface area (Å²) in [5, 5.41) is 16.1. The molecule has 1 heterocycles. The maximum absolute atomic E-state index is 10.5. The molecule has 0 spiro atoms. The van der Waals surface area contributed by atoms with Crippen LogP contribution < -0.4 is 17.0 Å². The van der Waals surface area contributed by atoms with Gasteiger partial charge in [-0.05, 0) is 0 Å². The van der Waals surface area contributed by atoms with Crippen LogP contribution in [0.3, 0.4) is 0 Å². The average molecular weight is 245 g/mol. The van der Waals surface area contributed by atoms with E-state index in [1.54, 1.807) is 0 Å². The fraction of sp³-hybridized carbons (Fsp3) is 0.250. The quantitative estimate of drug-likeness (QED) is 0.418. The van der Waals surface area contributed by atoms with Crippen LogP contribution in [0.5, 0.6) is 0 Å². The van der Waals surface area contributed by atoms with E-state index in [1.165, 1.54) is 0 Å². The zero-order valence-corrected chi connectivity index (χ0v) is 8.60. The summed E-state index contributed by atoms with van der Waals surface area (Å²) in [4.78, 5) is 44.4. The zero-order valence-electron chi connectivity index (χ0n) is 8.60. The summed E-state index contributed by atoms with van der Waals surface area (Å²) in [6, 6.07) is 0.795. The summed E-state index contributed by atoms with van der Waals surface area (Å²) in [5.74, 6) is -2.18. The van der Waals surface area contributed by atoms with Gasteiger partial charge in [0.25, 0.3) is 5.56 Å². The Hall–Kier alpha value is -2.42. The van der Waals surface area contributed by atoms with Gasteiger partial charge in [0.05, 0.1) is 6.42 Å². The van der Waals surface area contributed by atoms with Crippen molar-refractivity contribution in [2.45, 2.75) is 6.42 Å². The van der Waals surface area contributed by atoms with Crippen molar-refractivity contribution < 1.29 is 19.8 Å². The molecule has 0 aliphatic heterocycles. The van der Waals surface area contributed by atoms with Crippen molar-refractivity contribution in [3.05, 3.63) is 32.6 Å².